The maximum Gasteiger partial charge on any atom is 0.159 e. The molecule has 2 nitrogen and oxygen atoms in total. The Balaban J connectivity index is 2.49. The molecule has 0 amide bonds. The average Bonchev–Trinajstić information content (AvgIpc) is 2.74. The second-order valence-corrected chi connectivity index (χ2v) is 5.25. The fourth-order valence-electron chi connectivity index (χ4n) is 2.54. The molecule has 0 aromatic heterocycles. The Hall–Kier alpha value is -1.71. The predicted octanol–water partition coefficient (Wildman–Crippen LogP) is 4.39. The number of rotatable bonds is 3. The minimum Gasteiger partial charge on any atom is -0.411 e. The number of hydrogen-bond donors (Lipinski definition) is 1. The summed E-state index contributed by atoms with van der Waals surface area (Å²) in [6.07, 6.45) is 2.33. The summed E-state index contributed by atoms with van der Waals surface area (Å²) in [4.78, 5) is 0. The Morgan fingerprint density at radius 1 is 1.21 bits per heavy atom. The zero-order valence-corrected chi connectivity index (χ0v) is 11.1. The quantitative estimate of drug-likeness (QED) is 0.638. The Morgan fingerprint density at radius 2 is 1.95 bits per heavy atom. The third-order valence-corrected chi connectivity index (χ3v) is 3.29. The van der Waals surface area contributed by atoms with Gasteiger partial charge in [-0.2, -0.15) is 0 Å². The highest BCUT2D eigenvalue weighted by Crippen LogP contribution is 2.35. The normalized spacial score (nSPS) is 17.8. The van der Waals surface area contributed by atoms with Crippen molar-refractivity contribution in [3.05, 3.63) is 41.0 Å². The van der Waals surface area contributed by atoms with Crippen LogP contribution in [0.2, 0.25) is 0 Å². The molecule has 1 aliphatic rings. The zero-order chi connectivity index (χ0) is 14.0. The van der Waals surface area contributed by atoms with Crippen molar-refractivity contribution in [2.75, 3.05) is 0 Å². The number of halogens is 2. The minimum atomic E-state index is -0.877. The third-order valence-electron chi connectivity index (χ3n) is 3.29. The molecule has 1 aromatic carbocycles. The Morgan fingerprint density at radius 3 is 2.53 bits per heavy atom. The van der Waals surface area contributed by atoms with Gasteiger partial charge in [0.05, 0.1) is 5.71 Å². The van der Waals surface area contributed by atoms with E-state index in [1.54, 1.807) is 0 Å². The molecule has 19 heavy (non-hydrogen) atoms. The molecule has 0 fully saturated rings. The van der Waals surface area contributed by atoms with E-state index in [1.807, 2.05) is 0 Å². The molecule has 0 saturated heterocycles. The van der Waals surface area contributed by atoms with Crippen LogP contribution >= 0.6 is 0 Å². The van der Waals surface area contributed by atoms with Gasteiger partial charge in [-0.25, -0.2) is 8.78 Å². The molecule has 0 spiro atoms. The Bertz CT molecular complexity index is 547. The highest BCUT2D eigenvalue weighted by molar-refractivity contribution is 6.26. The highest BCUT2D eigenvalue weighted by atomic mass is 19.2. The van der Waals surface area contributed by atoms with Crippen LogP contribution in [0.1, 0.15) is 38.7 Å². The van der Waals surface area contributed by atoms with Crippen LogP contribution in [0.5, 0.6) is 0 Å². The summed E-state index contributed by atoms with van der Waals surface area (Å²) >= 11 is 0. The minimum absolute atomic E-state index is 0.466. The average molecular weight is 265 g/mol. The number of benzene rings is 1. The van der Waals surface area contributed by atoms with Crippen molar-refractivity contribution in [2.24, 2.45) is 11.1 Å². The van der Waals surface area contributed by atoms with Gasteiger partial charge in [0.15, 0.2) is 11.6 Å². The molecule has 1 N–H and O–H groups in total. The molecule has 102 valence electrons. The fraction of sp³-hybridized carbons (Fsp3) is 0.400. The van der Waals surface area contributed by atoms with Crippen LogP contribution in [-0.2, 0) is 0 Å². The first kappa shape index (κ1) is 13.7. The van der Waals surface area contributed by atoms with Gasteiger partial charge in [-0.05, 0) is 42.9 Å². The molecule has 0 unspecified atom stereocenters. The van der Waals surface area contributed by atoms with Gasteiger partial charge < -0.3 is 5.21 Å². The van der Waals surface area contributed by atoms with Crippen LogP contribution in [0.3, 0.4) is 0 Å². The molecule has 0 saturated carbocycles. The summed E-state index contributed by atoms with van der Waals surface area (Å²) < 4.78 is 26.4. The highest BCUT2D eigenvalue weighted by Gasteiger charge is 2.24. The van der Waals surface area contributed by atoms with E-state index in [-0.39, 0.29) is 0 Å². The number of nitrogens with zero attached hydrogens (tertiary/aromatic N) is 1. The van der Waals surface area contributed by atoms with Gasteiger partial charge in [0.1, 0.15) is 0 Å². The number of allylic oxidation sites excluding steroid dienone is 2. The second kappa shape index (κ2) is 5.51. The van der Waals surface area contributed by atoms with Crippen LogP contribution < -0.4 is 0 Å². The molecule has 0 bridgehead atoms. The third kappa shape index (κ3) is 2.83. The van der Waals surface area contributed by atoms with E-state index in [0.717, 1.165) is 30.1 Å². The smallest absolute Gasteiger partial charge is 0.159 e. The lowest BCUT2D eigenvalue weighted by Gasteiger charge is -2.10. The molecule has 2 rings (SSSR count). The van der Waals surface area contributed by atoms with Crippen molar-refractivity contribution in [3.63, 3.8) is 0 Å². The summed E-state index contributed by atoms with van der Waals surface area (Å²) in [5, 5.41) is 12.4. The van der Waals surface area contributed by atoms with Gasteiger partial charge in [0.2, 0.25) is 0 Å². The maximum absolute atomic E-state index is 13.4. The molecule has 1 aliphatic carbocycles. The van der Waals surface area contributed by atoms with E-state index in [4.69, 9.17) is 5.21 Å². The summed E-state index contributed by atoms with van der Waals surface area (Å²) in [6, 6.07) is 3.81. The van der Waals surface area contributed by atoms with E-state index >= 15 is 0 Å². The van der Waals surface area contributed by atoms with E-state index < -0.39 is 11.6 Å². The van der Waals surface area contributed by atoms with E-state index in [9.17, 15) is 8.78 Å². The lowest BCUT2D eigenvalue weighted by molar-refractivity contribution is 0.319. The van der Waals surface area contributed by atoms with Gasteiger partial charge in [0.25, 0.3) is 0 Å². The molecule has 4 heteroatoms. The lowest BCUT2D eigenvalue weighted by atomic mass is 9.95. The zero-order valence-electron chi connectivity index (χ0n) is 11.1. The fourth-order valence-corrected chi connectivity index (χ4v) is 2.54. The number of oxime groups is 1. The van der Waals surface area contributed by atoms with Crippen LogP contribution in [0, 0.1) is 17.6 Å². The van der Waals surface area contributed by atoms with Gasteiger partial charge in [-0.15, -0.1) is 0 Å². The molecule has 0 atom stereocenters. The SMILES string of the molecule is CC(C)CC1=C(c2ccc(F)c(F)c2)/C(=N/O)CC1. The maximum atomic E-state index is 13.4. The van der Waals surface area contributed by atoms with Crippen molar-refractivity contribution in [2.45, 2.75) is 33.1 Å². The van der Waals surface area contributed by atoms with E-state index in [0.29, 0.717) is 23.6 Å². The summed E-state index contributed by atoms with van der Waals surface area (Å²) in [5.74, 6) is -1.28. The van der Waals surface area contributed by atoms with Crippen LogP contribution in [0.15, 0.2) is 28.9 Å². The summed E-state index contributed by atoms with van der Waals surface area (Å²) in [6.45, 7) is 4.20. The standard InChI is InChI=1S/C15H17F2NO/c1-9(2)7-10-4-6-14(18-19)15(10)11-3-5-12(16)13(17)8-11/h3,5,8-9,19H,4,6-7H2,1-2H3/b18-14+. The van der Waals surface area contributed by atoms with Crippen molar-refractivity contribution >= 4 is 11.3 Å². The Labute approximate surface area is 111 Å². The van der Waals surface area contributed by atoms with Gasteiger partial charge in [0, 0.05) is 5.57 Å². The van der Waals surface area contributed by atoms with Crippen LogP contribution in [-0.4, -0.2) is 10.9 Å². The van der Waals surface area contributed by atoms with Gasteiger partial charge in [-0.3, -0.25) is 0 Å². The summed E-state index contributed by atoms with van der Waals surface area (Å²) in [7, 11) is 0. The topological polar surface area (TPSA) is 32.6 Å². The molecular weight excluding hydrogens is 248 g/mol. The first-order valence-electron chi connectivity index (χ1n) is 6.41. The largest absolute Gasteiger partial charge is 0.411 e. The molecular formula is C15H17F2NO. The van der Waals surface area contributed by atoms with E-state index in [2.05, 4.69) is 19.0 Å². The lowest BCUT2D eigenvalue weighted by Crippen LogP contribution is -2.00. The van der Waals surface area contributed by atoms with E-state index in [1.165, 1.54) is 12.1 Å². The van der Waals surface area contributed by atoms with Crippen molar-refractivity contribution in [1.82, 2.24) is 0 Å². The first-order valence-corrected chi connectivity index (χ1v) is 6.41. The van der Waals surface area contributed by atoms with Crippen molar-refractivity contribution in [3.8, 4) is 0 Å². The monoisotopic (exact) mass is 265 g/mol. The van der Waals surface area contributed by atoms with Crippen LogP contribution in [0.4, 0.5) is 8.78 Å². The summed E-state index contributed by atoms with van der Waals surface area (Å²) in [5.41, 5.74) is 3.06. The van der Waals surface area contributed by atoms with Gasteiger partial charge >= 0.3 is 0 Å². The number of hydrogen-bond acceptors (Lipinski definition) is 2. The Kier molecular flexibility index (Phi) is 3.98. The molecule has 0 radical (unpaired) electrons. The van der Waals surface area contributed by atoms with Crippen LogP contribution in [0.25, 0.3) is 5.57 Å². The van der Waals surface area contributed by atoms with Crippen molar-refractivity contribution in [1.29, 1.82) is 0 Å². The van der Waals surface area contributed by atoms with Crippen molar-refractivity contribution < 1.29 is 14.0 Å². The molecule has 1 aromatic rings. The molecule has 0 heterocycles. The first-order chi connectivity index (χ1) is 9.02. The van der Waals surface area contributed by atoms with Gasteiger partial charge in [-0.1, -0.05) is 30.6 Å². The predicted molar refractivity (Wildman–Crippen MR) is 71.2 cm³/mol. The second-order valence-electron chi connectivity index (χ2n) is 5.25. The molecule has 0 aliphatic heterocycles.